The Balaban J connectivity index is 0.00000110. The van der Waals surface area contributed by atoms with Gasteiger partial charge in [-0.1, -0.05) is 63.8 Å². The second kappa shape index (κ2) is 16.8. The largest absolute Gasteiger partial charge is 0.374 e. The second-order valence-corrected chi connectivity index (χ2v) is 8.56. The summed E-state index contributed by atoms with van der Waals surface area (Å²) in [6, 6.07) is -0.428. The molecule has 1 heterocycles. The van der Waals surface area contributed by atoms with E-state index in [-0.39, 0.29) is 11.8 Å². The minimum Gasteiger partial charge on any atom is -0.374 e. The van der Waals surface area contributed by atoms with Crippen LogP contribution in [0.4, 0.5) is 0 Å². The molecule has 176 valence electrons. The van der Waals surface area contributed by atoms with E-state index in [0.717, 1.165) is 62.0 Å². The number of imide groups is 1. The summed E-state index contributed by atoms with van der Waals surface area (Å²) in [7, 11) is 0. The average Bonchev–Trinajstić information content (AvgIpc) is 2.71. The molecule has 5 nitrogen and oxygen atoms in total. The average molecular weight is 453 g/mol. The van der Waals surface area contributed by atoms with Crippen LogP contribution in [0.2, 0.25) is 0 Å². The molecule has 2 N–H and O–H groups in total. The highest BCUT2D eigenvalue weighted by Crippen LogP contribution is 2.23. The van der Waals surface area contributed by atoms with Crippen LogP contribution in [-0.2, 0) is 14.4 Å². The number of carbonyl (C=O) groups excluding carboxylic acids is 3. The molecular weight excluding hydrogens is 412 g/mol. The molecule has 1 aliphatic heterocycles. The lowest BCUT2D eigenvalue weighted by Crippen LogP contribution is -2.50. The molecule has 0 saturated carbocycles. The van der Waals surface area contributed by atoms with Crippen LogP contribution in [0, 0.1) is 0 Å². The Morgan fingerprint density at radius 2 is 1.71 bits per heavy atom. The smallest absolute Gasteiger partial charge is 0.249 e. The molecule has 2 amide bonds. The van der Waals surface area contributed by atoms with E-state index in [0.29, 0.717) is 24.3 Å². The van der Waals surface area contributed by atoms with Crippen molar-refractivity contribution >= 4 is 29.2 Å². The zero-order valence-corrected chi connectivity index (χ0v) is 20.8. The number of allylic oxidation sites excluding steroid dienone is 3. The first kappa shape index (κ1) is 29.1. The number of hydrogen-bond donors (Lipinski definition) is 2. The van der Waals surface area contributed by atoms with Crippen molar-refractivity contribution in [1.29, 1.82) is 0 Å². The van der Waals surface area contributed by atoms with Gasteiger partial charge in [-0.05, 0) is 57.6 Å². The van der Waals surface area contributed by atoms with Crippen molar-refractivity contribution in [3.05, 3.63) is 34.5 Å². The molecule has 0 aromatic rings. The van der Waals surface area contributed by atoms with Gasteiger partial charge in [0.1, 0.15) is 11.8 Å². The van der Waals surface area contributed by atoms with Gasteiger partial charge in [0.15, 0.2) is 0 Å². The van der Waals surface area contributed by atoms with E-state index < -0.39 is 6.04 Å². The van der Waals surface area contributed by atoms with Gasteiger partial charge in [0.25, 0.3) is 0 Å². The highest BCUT2D eigenvalue weighted by molar-refractivity contribution is 6.29. The fourth-order valence-corrected chi connectivity index (χ4v) is 3.34. The van der Waals surface area contributed by atoms with Crippen molar-refractivity contribution in [3.63, 3.8) is 0 Å². The summed E-state index contributed by atoms with van der Waals surface area (Å²) in [5.74, 6) is -0.202. The maximum atomic E-state index is 11.9. The number of ketones is 1. The predicted molar refractivity (Wildman–Crippen MR) is 130 cm³/mol. The van der Waals surface area contributed by atoms with Crippen molar-refractivity contribution in [2.24, 2.45) is 0 Å². The lowest BCUT2D eigenvalue weighted by atomic mass is 9.99. The topological polar surface area (TPSA) is 75.3 Å². The van der Waals surface area contributed by atoms with Gasteiger partial charge in [-0.2, -0.15) is 0 Å². The van der Waals surface area contributed by atoms with Crippen molar-refractivity contribution in [1.82, 2.24) is 10.6 Å². The number of carbonyl (C=O) groups is 3. The van der Waals surface area contributed by atoms with Gasteiger partial charge >= 0.3 is 0 Å². The molecule has 0 bridgehead atoms. The summed E-state index contributed by atoms with van der Waals surface area (Å²) >= 11 is 6.37. The van der Waals surface area contributed by atoms with Crippen LogP contribution in [0.1, 0.15) is 98.8 Å². The van der Waals surface area contributed by atoms with Crippen LogP contribution >= 0.6 is 11.6 Å². The van der Waals surface area contributed by atoms with Crippen molar-refractivity contribution in [3.8, 4) is 0 Å². The van der Waals surface area contributed by atoms with E-state index in [4.69, 9.17) is 11.6 Å². The predicted octanol–water partition coefficient (Wildman–Crippen LogP) is 6.09. The second-order valence-electron chi connectivity index (χ2n) is 8.07. The number of nitrogens with one attached hydrogen (secondary N) is 2. The lowest BCUT2D eigenvalue weighted by molar-refractivity contribution is -0.134. The highest BCUT2D eigenvalue weighted by atomic mass is 35.5. The van der Waals surface area contributed by atoms with Crippen molar-refractivity contribution < 1.29 is 14.4 Å². The quantitative estimate of drug-likeness (QED) is 0.277. The van der Waals surface area contributed by atoms with Crippen LogP contribution in [0.25, 0.3) is 0 Å². The van der Waals surface area contributed by atoms with E-state index in [1.165, 1.54) is 5.57 Å². The van der Waals surface area contributed by atoms with Gasteiger partial charge in [-0.3, -0.25) is 14.9 Å². The fourth-order valence-electron chi connectivity index (χ4n) is 3.10. The molecule has 0 aromatic heterocycles. The molecule has 1 saturated heterocycles. The number of piperidine rings is 1. The number of halogens is 1. The number of hydrogen-bond acceptors (Lipinski definition) is 4. The van der Waals surface area contributed by atoms with E-state index >= 15 is 0 Å². The van der Waals surface area contributed by atoms with Gasteiger partial charge in [0, 0.05) is 23.6 Å². The summed E-state index contributed by atoms with van der Waals surface area (Å²) in [5, 5.41) is 6.33. The Morgan fingerprint density at radius 3 is 2.19 bits per heavy atom. The third-order valence-corrected chi connectivity index (χ3v) is 5.25. The summed E-state index contributed by atoms with van der Waals surface area (Å²) in [4.78, 5) is 33.4. The maximum Gasteiger partial charge on any atom is 0.249 e. The van der Waals surface area contributed by atoms with Crippen LogP contribution in [0.15, 0.2) is 34.5 Å². The molecule has 1 unspecified atom stereocenters. The van der Waals surface area contributed by atoms with E-state index in [1.54, 1.807) is 6.92 Å². The van der Waals surface area contributed by atoms with Crippen LogP contribution in [0.3, 0.4) is 0 Å². The minimum absolute atomic E-state index is 0.218. The van der Waals surface area contributed by atoms with Crippen molar-refractivity contribution in [2.75, 3.05) is 0 Å². The molecule has 0 aliphatic carbocycles. The number of rotatable bonds is 12. The molecule has 1 rings (SSSR count). The highest BCUT2D eigenvalue weighted by Gasteiger charge is 2.27. The lowest BCUT2D eigenvalue weighted by Gasteiger charge is -2.25. The van der Waals surface area contributed by atoms with E-state index in [9.17, 15) is 14.4 Å². The molecule has 6 heteroatoms. The summed E-state index contributed by atoms with van der Waals surface area (Å²) < 4.78 is 0. The Hall–Kier alpha value is -1.88. The molecule has 31 heavy (non-hydrogen) atoms. The first-order chi connectivity index (χ1) is 14.7. The third-order valence-electron chi connectivity index (χ3n) is 4.95. The normalized spacial score (nSPS) is 17.2. The molecule has 1 aliphatic rings. The Kier molecular flexibility index (Phi) is 15.8. The SMILES string of the molecule is C=C(NC1CCC(=O)NC1=O)C(/C=C(/Cl)CCCC)=C(/C)CCC.CCCCC(C)=O. The summed E-state index contributed by atoms with van der Waals surface area (Å²) in [6.45, 7) is 14.1. The van der Waals surface area contributed by atoms with Gasteiger partial charge in [0.05, 0.1) is 0 Å². The van der Waals surface area contributed by atoms with Crippen molar-refractivity contribution in [2.45, 2.75) is 105 Å². The van der Waals surface area contributed by atoms with Crippen LogP contribution in [-0.4, -0.2) is 23.6 Å². The number of unbranched alkanes of at least 4 members (excludes halogenated alkanes) is 2. The molecule has 1 atom stereocenters. The van der Waals surface area contributed by atoms with E-state index in [2.05, 4.69) is 44.9 Å². The molecule has 0 aromatic carbocycles. The zero-order chi connectivity index (χ0) is 23.8. The first-order valence-electron chi connectivity index (χ1n) is 11.5. The fraction of sp³-hybridized carbons (Fsp3) is 0.640. The Morgan fingerprint density at radius 1 is 1.10 bits per heavy atom. The Bertz CT molecular complexity index is 680. The maximum absolute atomic E-state index is 11.9. The Labute approximate surface area is 193 Å². The third kappa shape index (κ3) is 13.2. The van der Waals surface area contributed by atoms with Crippen LogP contribution in [0.5, 0.6) is 0 Å². The van der Waals surface area contributed by atoms with Gasteiger partial charge in [0.2, 0.25) is 11.8 Å². The first-order valence-corrected chi connectivity index (χ1v) is 11.9. The van der Waals surface area contributed by atoms with Crippen LogP contribution < -0.4 is 10.6 Å². The summed E-state index contributed by atoms with van der Waals surface area (Å²) in [6.07, 6.45) is 10.7. The molecular formula is C25H41ClN2O3. The summed E-state index contributed by atoms with van der Waals surface area (Å²) in [5.41, 5.74) is 2.84. The number of Topliss-reactive ketones (excluding diaryl/α,β-unsaturated/α-hetero) is 1. The number of amides is 2. The van der Waals surface area contributed by atoms with Gasteiger partial charge in [-0.25, -0.2) is 0 Å². The minimum atomic E-state index is -0.428. The molecule has 1 fully saturated rings. The standard InChI is InChI=1S/C19H29ClN2O2.C6H12O/c1-5-7-9-15(20)12-16(13(3)8-6-2)14(4)21-17-10-11-18(23)22-19(17)24;1-3-4-5-6(2)7/h12,17,21H,4-11H2,1-3H3,(H,22,23,24);3-5H2,1-2H3/b15-12+,16-13-;. The van der Waals surface area contributed by atoms with Gasteiger partial charge in [-0.15, -0.1) is 0 Å². The zero-order valence-electron chi connectivity index (χ0n) is 20.0. The van der Waals surface area contributed by atoms with Gasteiger partial charge < -0.3 is 10.1 Å². The molecule has 0 spiro atoms. The van der Waals surface area contributed by atoms with E-state index in [1.807, 2.05) is 6.08 Å². The molecule has 0 radical (unpaired) electrons. The monoisotopic (exact) mass is 452 g/mol.